The molecule has 1 unspecified atom stereocenters. The van der Waals surface area contributed by atoms with Crippen LogP contribution in [-0.4, -0.2) is 24.5 Å². The van der Waals surface area contributed by atoms with Crippen molar-refractivity contribution in [2.75, 3.05) is 13.6 Å². The van der Waals surface area contributed by atoms with Gasteiger partial charge in [-0.3, -0.25) is 0 Å². The average Bonchev–Trinajstić information content (AvgIpc) is 2.60. The Hall–Kier alpha value is -0.300. The number of likely N-dealkylation sites (tertiary alicyclic amines) is 1. The molecular weight excluding hydrogens is 158 g/mol. The molecule has 2 rings (SSSR count). The lowest BCUT2D eigenvalue weighted by molar-refractivity contribution is 0.246. The van der Waals surface area contributed by atoms with Crippen LogP contribution in [0.15, 0.2) is 12.2 Å². The van der Waals surface area contributed by atoms with Gasteiger partial charge >= 0.3 is 0 Å². The van der Waals surface area contributed by atoms with Crippen molar-refractivity contribution in [1.29, 1.82) is 0 Å². The second-order valence-corrected chi connectivity index (χ2v) is 5.31. The van der Waals surface area contributed by atoms with Crippen molar-refractivity contribution in [3.63, 3.8) is 0 Å². The van der Waals surface area contributed by atoms with Gasteiger partial charge in [-0.2, -0.15) is 0 Å². The zero-order valence-corrected chi connectivity index (χ0v) is 9.09. The Bertz CT molecular complexity index is 209. The summed E-state index contributed by atoms with van der Waals surface area (Å²) in [7, 11) is 2.29. The molecule has 1 heterocycles. The van der Waals surface area contributed by atoms with Gasteiger partial charge in [-0.1, -0.05) is 26.0 Å². The fourth-order valence-electron chi connectivity index (χ4n) is 3.10. The highest BCUT2D eigenvalue weighted by molar-refractivity contribution is 5.08. The molecule has 1 aliphatic heterocycles. The number of hydrogen-bond donors (Lipinski definition) is 0. The summed E-state index contributed by atoms with van der Waals surface area (Å²) < 4.78 is 0. The molecule has 1 fully saturated rings. The molecule has 1 atom stereocenters. The molecule has 1 aliphatic carbocycles. The van der Waals surface area contributed by atoms with Crippen molar-refractivity contribution in [3.8, 4) is 0 Å². The third kappa shape index (κ3) is 1.54. The summed E-state index contributed by atoms with van der Waals surface area (Å²) in [5, 5.41) is 0. The molecule has 0 radical (unpaired) electrons. The van der Waals surface area contributed by atoms with Gasteiger partial charge in [0.1, 0.15) is 0 Å². The number of hydrogen-bond acceptors (Lipinski definition) is 1. The zero-order chi connectivity index (χ0) is 9.47. The lowest BCUT2D eigenvalue weighted by Gasteiger charge is -2.22. The van der Waals surface area contributed by atoms with Crippen LogP contribution in [0.3, 0.4) is 0 Å². The van der Waals surface area contributed by atoms with Gasteiger partial charge in [0.15, 0.2) is 0 Å². The summed E-state index contributed by atoms with van der Waals surface area (Å²) in [5.74, 6) is 0.810. The standard InChI is InChI=1S/C12H21N/c1-10(2)11-8-12(9-13(11)3)6-4-5-7-12/h4-5,10-11H,6-9H2,1-3H3. The van der Waals surface area contributed by atoms with Crippen molar-refractivity contribution >= 4 is 0 Å². The fourth-order valence-corrected chi connectivity index (χ4v) is 3.10. The van der Waals surface area contributed by atoms with E-state index in [9.17, 15) is 0 Å². The molecule has 0 bridgehead atoms. The molecule has 0 aromatic rings. The van der Waals surface area contributed by atoms with E-state index in [-0.39, 0.29) is 0 Å². The van der Waals surface area contributed by atoms with Gasteiger partial charge in [0.05, 0.1) is 0 Å². The smallest absolute Gasteiger partial charge is 0.0121 e. The van der Waals surface area contributed by atoms with Gasteiger partial charge in [-0.05, 0) is 37.6 Å². The van der Waals surface area contributed by atoms with E-state index in [0.29, 0.717) is 5.41 Å². The fraction of sp³-hybridized carbons (Fsp3) is 0.833. The van der Waals surface area contributed by atoms with Crippen molar-refractivity contribution < 1.29 is 0 Å². The minimum Gasteiger partial charge on any atom is -0.303 e. The van der Waals surface area contributed by atoms with Crippen LogP contribution < -0.4 is 0 Å². The summed E-state index contributed by atoms with van der Waals surface area (Å²) in [6.45, 7) is 6.01. The minimum atomic E-state index is 0.629. The number of rotatable bonds is 1. The predicted molar refractivity (Wildman–Crippen MR) is 56.7 cm³/mol. The Morgan fingerprint density at radius 3 is 2.38 bits per heavy atom. The number of allylic oxidation sites excluding steroid dienone is 2. The highest BCUT2D eigenvalue weighted by atomic mass is 15.2. The normalized spacial score (nSPS) is 32.5. The molecule has 0 N–H and O–H groups in total. The molecule has 1 nitrogen and oxygen atoms in total. The topological polar surface area (TPSA) is 3.24 Å². The highest BCUT2D eigenvalue weighted by Crippen LogP contribution is 2.45. The lowest BCUT2D eigenvalue weighted by atomic mass is 9.81. The van der Waals surface area contributed by atoms with E-state index in [1.807, 2.05) is 0 Å². The monoisotopic (exact) mass is 179 g/mol. The van der Waals surface area contributed by atoms with Crippen LogP contribution >= 0.6 is 0 Å². The van der Waals surface area contributed by atoms with Gasteiger partial charge in [0.25, 0.3) is 0 Å². The van der Waals surface area contributed by atoms with Gasteiger partial charge in [0.2, 0.25) is 0 Å². The van der Waals surface area contributed by atoms with E-state index in [0.717, 1.165) is 12.0 Å². The first-order chi connectivity index (χ1) is 6.13. The quantitative estimate of drug-likeness (QED) is 0.559. The predicted octanol–water partition coefficient (Wildman–Crippen LogP) is 2.68. The number of nitrogens with zero attached hydrogens (tertiary/aromatic N) is 1. The molecule has 1 saturated heterocycles. The van der Waals surface area contributed by atoms with E-state index < -0.39 is 0 Å². The molecular formula is C12H21N. The van der Waals surface area contributed by atoms with Crippen LogP contribution in [0, 0.1) is 11.3 Å². The molecule has 0 aromatic carbocycles. The molecule has 74 valence electrons. The summed E-state index contributed by atoms with van der Waals surface area (Å²) in [6.07, 6.45) is 8.79. The van der Waals surface area contributed by atoms with Crippen LogP contribution in [0.5, 0.6) is 0 Å². The Morgan fingerprint density at radius 1 is 1.31 bits per heavy atom. The Morgan fingerprint density at radius 2 is 1.92 bits per heavy atom. The summed E-state index contributed by atoms with van der Waals surface area (Å²) in [5.41, 5.74) is 0.629. The van der Waals surface area contributed by atoms with Crippen LogP contribution in [0.4, 0.5) is 0 Å². The maximum Gasteiger partial charge on any atom is 0.0121 e. The molecule has 1 spiro atoms. The van der Waals surface area contributed by atoms with Crippen molar-refractivity contribution in [2.24, 2.45) is 11.3 Å². The first-order valence-electron chi connectivity index (χ1n) is 5.48. The molecule has 0 aromatic heterocycles. The van der Waals surface area contributed by atoms with Crippen LogP contribution in [0.1, 0.15) is 33.1 Å². The SMILES string of the molecule is CC(C)C1CC2(CC=CC2)CN1C. The van der Waals surface area contributed by atoms with E-state index in [2.05, 4.69) is 37.9 Å². The summed E-state index contributed by atoms with van der Waals surface area (Å²) in [4.78, 5) is 2.57. The third-order valence-electron chi connectivity index (χ3n) is 3.83. The first-order valence-corrected chi connectivity index (χ1v) is 5.48. The van der Waals surface area contributed by atoms with E-state index in [4.69, 9.17) is 0 Å². The third-order valence-corrected chi connectivity index (χ3v) is 3.83. The van der Waals surface area contributed by atoms with Gasteiger partial charge in [-0.15, -0.1) is 0 Å². The average molecular weight is 179 g/mol. The maximum absolute atomic E-state index is 2.57. The molecule has 2 aliphatic rings. The second kappa shape index (κ2) is 3.13. The molecule has 0 amide bonds. The Balaban J connectivity index is 2.06. The van der Waals surface area contributed by atoms with Gasteiger partial charge in [0, 0.05) is 12.6 Å². The molecule has 0 saturated carbocycles. The van der Waals surface area contributed by atoms with E-state index in [1.165, 1.54) is 25.8 Å². The molecule has 13 heavy (non-hydrogen) atoms. The van der Waals surface area contributed by atoms with E-state index >= 15 is 0 Å². The molecule has 1 heteroatoms. The summed E-state index contributed by atoms with van der Waals surface area (Å²) in [6, 6.07) is 0.819. The maximum atomic E-state index is 2.57. The summed E-state index contributed by atoms with van der Waals surface area (Å²) >= 11 is 0. The van der Waals surface area contributed by atoms with Crippen LogP contribution in [0.2, 0.25) is 0 Å². The minimum absolute atomic E-state index is 0.629. The van der Waals surface area contributed by atoms with Crippen LogP contribution in [-0.2, 0) is 0 Å². The Labute approximate surface area is 81.8 Å². The Kier molecular flexibility index (Phi) is 2.23. The van der Waals surface area contributed by atoms with Crippen molar-refractivity contribution in [2.45, 2.75) is 39.2 Å². The van der Waals surface area contributed by atoms with Crippen molar-refractivity contribution in [3.05, 3.63) is 12.2 Å². The van der Waals surface area contributed by atoms with Gasteiger partial charge in [-0.25, -0.2) is 0 Å². The van der Waals surface area contributed by atoms with Gasteiger partial charge < -0.3 is 4.90 Å². The van der Waals surface area contributed by atoms with E-state index in [1.54, 1.807) is 0 Å². The lowest BCUT2D eigenvalue weighted by Crippen LogP contribution is -2.29. The van der Waals surface area contributed by atoms with Crippen molar-refractivity contribution in [1.82, 2.24) is 4.90 Å². The second-order valence-electron chi connectivity index (χ2n) is 5.31. The highest BCUT2D eigenvalue weighted by Gasteiger charge is 2.43. The zero-order valence-electron chi connectivity index (χ0n) is 9.09. The van der Waals surface area contributed by atoms with Crippen LogP contribution in [0.25, 0.3) is 0 Å². The first kappa shape index (κ1) is 9.26. The largest absolute Gasteiger partial charge is 0.303 e.